The van der Waals surface area contributed by atoms with Crippen LogP contribution in [0.4, 0.5) is 0 Å². The number of ether oxygens (including phenoxy) is 4. The van der Waals surface area contributed by atoms with Crippen LogP contribution in [0, 0.1) is 0 Å². The molecule has 0 saturated heterocycles. The van der Waals surface area contributed by atoms with Crippen LogP contribution in [0.3, 0.4) is 0 Å². The van der Waals surface area contributed by atoms with Gasteiger partial charge in [0.25, 0.3) is 0 Å². The summed E-state index contributed by atoms with van der Waals surface area (Å²) >= 11 is 0. The number of esters is 2. The molecule has 0 rings (SSSR count). The molecule has 498 valence electrons. The maximum absolute atomic E-state index is 12.9. The van der Waals surface area contributed by atoms with E-state index >= 15 is 0 Å². The number of carbonyl (C=O) groups is 3. The molecule has 9 nitrogen and oxygen atoms in total. The van der Waals surface area contributed by atoms with E-state index in [4.69, 9.17) is 18.9 Å². The Hall–Kier alpha value is -4.31. The molecule has 0 aliphatic rings. The van der Waals surface area contributed by atoms with Crippen molar-refractivity contribution in [2.24, 2.45) is 0 Å². The molecule has 0 radical (unpaired) electrons. The van der Waals surface area contributed by atoms with Crippen LogP contribution in [0.5, 0.6) is 0 Å². The van der Waals surface area contributed by atoms with Gasteiger partial charge in [-0.15, -0.1) is 0 Å². The monoisotopic (exact) mass is 1210 g/mol. The van der Waals surface area contributed by atoms with Crippen molar-refractivity contribution in [3.63, 3.8) is 0 Å². The Morgan fingerprint density at radius 2 is 0.655 bits per heavy atom. The minimum Gasteiger partial charge on any atom is -0.545 e. The Balaban J connectivity index is 4.10. The van der Waals surface area contributed by atoms with Gasteiger partial charge in [-0.05, 0) is 109 Å². The number of rotatable bonds is 65. The van der Waals surface area contributed by atoms with Crippen LogP contribution in [-0.4, -0.2) is 82.3 Å². The summed E-state index contributed by atoms with van der Waals surface area (Å²) < 4.78 is 22.8. The largest absolute Gasteiger partial charge is 0.545 e. The van der Waals surface area contributed by atoms with E-state index in [1.54, 1.807) is 0 Å². The first-order valence-corrected chi connectivity index (χ1v) is 35.7. The summed E-state index contributed by atoms with van der Waals surface area (Å²) in [6.45, 7) is 4.64. The minimum atomic E-state index is -1.63. The number of carbonyl (C=O) groups excluding carboxylic acids is 3. The van der Waals surface area contributed by atoms with Crippen molar-refractivity contribution in [2.75, 3.05) is 47.5 Å². The average Bonchev–Trinajstić information content (AvgIpc) is 3.55. The summed E-state index contributed by atoms with van der Waals surface area (Å²) in [7, 11) is 5.93. The number of allylic oxidation sites excluding steroid dienone is 20. The number of carboxylic acid groups (broad SMARTS) is 1. The van der Waals surface area contributed by atoms with Crippen LogP contribution in [0.2, 0.25) is 0 Å². The van der Waals surface area contributed by atoms with Gasteiger partial charge in [0.15, 0.2) is 12.4 Å². The lowest BCUT2D eigenvalue weighted by Crippen LogP contribution is -2.44. The predicted octanol–water partition coefficient (Wildman–Crippen LogP) is 21.0. The molecule has 0 aromatic carbocycles. The molecule has 0 aromatic rings. The molecule has 0 N–H and O–H groups in total. The van der Waals surface area contributed by atoms with Gasteiger partial charge >= 0.3 is 11.9 Å². The quantitative estimate of drug-likeness (QED) is 0.0195. The fourth-order valence-corrected chi connectivity index (χ4v) is 9.76. The predicted molar refractivity (Wildman–Crippen MR) is 370 cm³/mol. The van der Waals surface area contributed by atoms with Gasteiger partial charge in [0.2, 0.25) is 0 Å². The molecule has 0 aromatic heterocycles. The van der Waals surface area contributed by atoms with Gasteiger partial charge in [0.05, 0.1) is 40.3 Å². The zero-order valence-corrected chi connectivity index (χ0v) is 56.9. The summed E-state index contributed by atoms with van der Waals surface area (Å²) in [6, 6.07) is 0. The van der Waals surface area contributed by atoms with Gasteiger partial charge in [-0.2, -0.15) is 0 Å². The molecule has 0 aliphatic heterocycles. The van der Waals surface area contributed by atoms with E-state index in [9.17, 15) is 19.5 Å². The lowest BCUT2D eigenvalue weighted by atomic mass is 10.0. The number of hydrogen-bond donors (Lipinski definition) is 0. The Morgan fingerprint density at radius 3 is 0.977 bits per heavy atom. The molecule has 0 amide bonds. The molecule has 2 atom stereocenters. The molecular formula is C78H133NO8. The Labute approximate surface area is 536 Å². The molecule has 0 aliphatic carbocycles. The van der Waals surface area contributed by atoms with E-state index in [0.29, 0.717) is 17.4 Å². The second-order valence-electron chi connectivity index (χ2n) is 24.8. The first kappa shape index (κ1) is 82.7. The molecule has 0 bridgehead atoms. The molecule has 87 heavy (non-hydrogen) atoms. The Kier molecular flexibility index (Phi) is 64.3. The maximum atomic E-state index is 12.9. The number of likely N-dealkylation sites (N-methyl/N-ethyl adjacent to an activating group) is 1. The summed E-state index contributed by atoms with van der Waals surface area (Å²) in [5, 5.41) is 11.8. The van der Waals surface area contributed by atoms with E-state index in [1.165, 1.54) is 167 Å². The van der Waals surface area contributed by atoms with Gasteiger partial charge in [0, 0.05) is 12.8 Å². The smallest absolute Gasteiger partial charge is 0.306 e. The third kappa shape index (κ3) is 69.0. The van der Waals surface area contributed by atoms with Crippen molar-refractivity contribution in [3.8, 4) is 0 Å². The molecule has 2 unspecified atom stereocenters. The van der Waals surface area contributed by atoms with Gasteiger partial charge in [-0.3, -0.25) is 9.59 Å². The fourth-order valence-electron chi connectivity index (χ4n) is 9.76. The number of carboxylic acids is 1. The summed E-state index contributed by atoms with van der Waals surface area (Å²) in [4.78, 5) is 37.5. The van der Waals surface area contributed by atoms with Crippen molar-refractivity contribution in [3.05, 3.63) is 122 Å². The third-order valence-corrected chi connectivity index (χ3v) is 15.2. The molecule has 0 fully saturated rings. The normalized spacial score (nSPS) is 13.4. The number of nitrogens with zero attached hydrogens (tertiary/aromatic N) is 1. The van der Waals surface area contributed by atoms with Crippen LogP contribution >= 0.6 is 0 Å². The second-order valence-corrected chi connectivity index (χ2v) is 24.8. The lowest BCUT2D eigenvalue weighted by molar-refractivity contribution is -0.870. The van der Waals surface area contributed by atoms with Gasteiger partial charge < -0.3 is 33.3 Å². The topological polar surface area (TPSA) is 111 Å². The molecular weight excluding hydrogens is 1080 g/mol. The molecule has 0 spiro atoms. The first-order chi connectivity index (χ1) is 42.6. The van der Waals surface area contributed by atoms with Crippen LogP contribution < -0.4 is 5.11 Å². The van der Waals surface area contributed by atoms with Gasteiger partial charge in [-0.25, -0.2) is 0 Å². The van der Waals surface area contributed by atoms with Crippen LogP contribution in [0.15, 0.2) is 122 Å². The molecule has 0 saturated carbocycles. The molecule has 0 heterocycles. The van der Waals surface area contributed by atoms with Gasteiger partial charge in [-0.1, -0.05) is 296 Å². The number of hydrogen-bond acceptors (Lipinski definition) is 8. The van der Waals surface area contributed by atoms with E-state index < -0.39 is 24.3 Å². The van der Waals surface area contributed by atoms with E-state index in [2.05, 4.69) is 135 Å². The maximum Gasteiger partial charge on any atom is 0.306 e. The van der Waals surface area contributed by atoms with Crippen molar-refractivity contribution >= 4 is 17.9 Å². The summed E-state index contributed by atoms with van der Waals surface area (Å²) in [5.41, 5.74) is 0. The third-order valence-electron chi connectivity index (χ3n) is 15.2. The highest BCUT2D eigenvalue weighted by Gasteiger charge is 2.22. The lowest BCUT2D eigenvalue weighted by Gasteiger charge is -2.26. The van der Waals surface area contributed by atoms with Crippen LogP contribution in [0.1, 0.15) is 296 Å². The number of unbranched alkanes of at least 4 members (excludes halogenated alkanes) is 30. The van der Waals surface area contributed by atoms with Crippen molar-refractivity contribution in [1.82, 2.24) is 0 Å². The Morgan fingerprint density at radius 1 is 0.356 bits per heavy atom. The van der Waals surface area contributed by atoms with E-state index in [1.807, 2.05) is 21.1 Å². The highest BCUT2D eigenvalue weighted by atomic mass is 16.7. The van der Waals surface area contributed by atoms with Crippen LogP contribution in [-0.2, 0) is 33.3 Å². The number of quaternary nitrogens is 1. The van der Waals surface area contributed by atoms with Crippen molar-refractivity contribution in [1.29, 1.82) is 0 Å². The molecule has 9 heteroatoms. The Bertz CT molecular complexity index is 1840. The van der Waals surface area contributed by atoms with Crippen molar-refractivity contribution in [2.45, 2.75) is 309 Å². The summed E-state index contributed by atoms with van der Waals surface area (Å²) in [6.07, 6.45) is 92.8. The van der Waals surface area contributed by atoms with E-state index in [0.717, 1.165) is 96.3 Å². The standard InChI is InChI=1S/C78H133NO8/c1-6-8-10-12-14-16-18-20-22-24-26-28-30-31-32-33-34-35-36-37-38-39-40-41-42-43-44-45-47-49-51-53-55-57-59-61-63-65-67-69-76(81)87-74(73-86-78(77(82)83)84-71-70-79(3,4)5)72-85-75(80)68-66-64-62-60-58-56-54-52-50-48-46-29-27-25-23-21-19-17-15-13-11-9-7-2/h8,10,14,16,19-22,25-28,31-32,34-35,37-38,40-41,74,78H,6-7,9,11-13,15,17-18,23-24,29-30,33,36,39,42-73H2,1-5H3/b10-8-,16-14-,21-19-,22-20-,27-25-,28-26-,32-31-,35-34-,38-37-,41-40-. The van der Waals surface area contributed by atoms with E-state index in [-0.39, 0.29) is 38.6 Å². The fraction of sp³-hybridized carbons (Fsp3) is 0.705. The summed E-state index contributed by atoms with van der Waals surface area (Å²) in [5.74, 6) is -2.28. The SMILES string of the molecule is CC/C=C\C/C=C\C/C=C\C/C=C\C/C=C\C/C=C\C/C=C\C/C=C\CCCCCCCCCCCCCCCCC(=O)OC(COC(=O)CCCCCCCCCCCCC/C=C\C/C=C\CCCCCCC)COC(OCC[N+](C)(C)C)C(=O)[O-]. The number of aliphatic carboxylic acids is 1. The van der Waals surface area contributed by atoms with Crippen molar-refractivity contribution < 1.29 is 42.9 Å². The zero-order chi connectivity index (χ0) is 63.3. The van der Waals surface area contributed by atoms with Crippen LogP contribution in [0.25, 0.3) is 0 Å². The highest BCUT2D eigenvalue weighted by molar-refractivity contribution is 5.70. The zero-order valence-electron chi connectivity index (χ0n) is 56.9. The van der Waals surface area contributed by atoms with Gasteiger partial charge in [0.1, 0.15) is 13.2 Å². The second kappa shape index (κ2) is 67.6. The minimum absolute atomic E-state index is 0.144. The highest BCUT2D eigenvalue weighted by Crippen LogP contribution is 2.17. The first-order valence-electron chi connectivity index (χ1n) is 35.7. The average molecular weight is 1210 g/mol.